The molecule has 2 heterocycles. The molecule has 12 rings (SSSR count). The number of para-hydroxylation sites is 2. The molecule has 0 fully saturated rings. The first-order chi connectivity index (χ1) is 32.1. The van der Waals surface area contributed by atoms with Crippen LogP contribution in [0.15, 0.2) is 229 Å². The minimum Gasteiger partial charge on any atom is -0.455 e. The number of nitrogens with zero attached hydrogens (tertiary/aromatic N) is 1. The predicted molar refractivity (Wildman–Crippen MR) is 276 cm³/mol. The standard InChI is InChI=1S/C62H43NOS/c1-3-16-59-49(4-2)54-38-36-48(40-60(54)65-59)63(46-33-29-42(30-34-46)41-17-7-5-8-18-41)47-35-37-52-51-21-11-13-25-56(51)62(57(52)39-47,44-19-9-6-10-20-44)45-31-27-43(28-32-45)50-23-15-24-55-53-22-12-14-26-58(53)64-61(50)55/h3-40H,1H2,2H3/b49-4-,59-16+. The Balaban J connectivity index is 1.07. The number of allylic oxidation sites excluding steroid dienone is 1. The van der Waals surface area contributed by atoms with Gasteiger partial charge in [0.1, 0.15) is 11.2 Å². The van der Waals surface area contributed by atoms with Gasteiger partial charge < -0.3 is 9.32 Å². The number of fused-ring (bicyclic) bond motifs is 7. The molecule has 9 aromatic carbocycles. The van der Waals surface area contributed by atoms with E-state index in [9.17, 15) is 0 Å². The van der Waals surface area contributed by atoms with Gasteiger partial charge in [-0.15, -0.1) is 11.3 Å². The van der Waals surface area contributed by atoms with Crippen LogP contribution in [-0.4, -0.2) is 0 Å². The molecule has 308 valence electrons. The number of hydrogen-bond donors (Lipinski definition) is 0. The lowest BCUT2D eigenvalue weighted by Gasteiger charge is -2.35. The summed E-state index contributed by atoms with van der Waals surface area (Å²) in [4.78, 5) is 2.43. The maximum atomic E-state index is 6.52. The Hall–Kier alpha value is -7.98. The van der Waals surface area contributed by atoms with E-state index in [0.717, 1.165) is 50.1 Å². The van der Waals surface area contributed by atoms with Gasteiger partial charge in [0, 0.05) is 48.0 Å². The van der Waals surface area contributed by atoms with Gasteiger partial charge in [0.15, 0.2) is 0 Å². The fourth-order valence-electron chi connectivity index (χ4n) is 10.4. The van der Waals surface area contributed by atoms with Crippen molar-refractivity contribution in [3.8, 4) is 33.4 Å². The van der Waals surface area contributed by atoms with Crippen LogP contribution in [-0.2, 0) is 5.41 Å². The summed E-state index contributed by atoms with van der Waals surface area (Å²) in [5.74, 6) is 0. The Labute approximate surface area is 382 Å². The van der Waals surface area contributed by atoms with E-state index in [0.29, 0.717) is 0 Å². The van der Waals surface area contributed by atoms with Crippen molar-refractivity contribution in [3.05, 3.63) is 257 Å². The lowest BCUT2D eigenvalue weighted by molar-refractivity contribution is 0.670. The second kappa shape index (κ2) is 15.7. The van der Waals surface area contributed by atoms with E-state index in [1.54, 1.807) is 0 Å². The van der Waals surface area contributed by atoms with Crippen molar-refractivity contribution in [2.24, 2.45) is 0 Å². The Morgan fingerprint density at radius 1 is 0.492 bits per heavy atom. The average Bonchev–Trinajstić information content (AvgIpc) is 4.02. The topological polar surface area (TPSA) is 16.4 Å². The zero-order valence-electron chi connectivity index (χ0n) is 35.9. The molecule has 1 atom stereocenters. The van der Waals surface area contributed by atoms with E-state index in [4.69, 9.17) is 4.42 Å². The van der Waals surface area contributed by atoms with Gasteiger partial charge >= 0.3 is 0 Å². The van der Waals surface area contributed by atoms with Crippen LogP contribution in [0.2, 0.25) is 0 Å². The molecule has 0 radical (unpaired) electrons. The molecule has 0 aliphatic heterocycles. The highest BCUT2D eigenvalue weighted by atomic mass is 32.1. The number of anilines is 3. The predicted octanol–water partition coefficient (Wildman–Crippen LogP) is 15.7. The van der Waals surface area contributed by atoms with Gasteiger partial charge in [0.2, 0.25) is 0 Å². The van der Waals surface area contributed by atoms with E-state index in [-0.39, 0.29) is 0 Å². The van der Waals surface area contributed by atoms with Crippen LogP contribution in [0, 0.1) is 0 Å². The molecule has 0 saturated heterocycles. The summed E-state index contributed by atoms with van der Waals surface area (Å²) in [6.45, 7) is 6.13. The van der Waals surface area contributed by atoms with Gasteiger partial charge in [-0.3, -0.25) is 0 Å². The molecule has 0 spiro atoms. The van der Waals surface area contributed by atoms with E-state index in [1.165, 1.54) is 64.3 Å². The first-order valence-electron chi connectivity index (χ1n) is 22.2. The van der Waals surface area contributed by atoms with Crippen LogP contribution in [0.5, 0.6) is 0 Å². The number of thiophene rings is 1. The maximum absolute atomic E-state index is 6.52. The minimum absolute atomic E-state index is 0.602. The van der Waals surface area contributed by atoms with Crippen LogP contribution >= 0.6 is 11.3 Å². The van der Waals surface area contributed by atoms with Crippen LogP contribution in [0.1, 0.15) is 29.2 Å². The lowest BCUT2D eigenvalue weighted by Crippen LogP contribution is -2.28. The van der Waals surface area contributed by atoms with Crippen molar-refractivity contribution in [1.82, 2.24) is 0 Å². The molecule has 1 aliphatic rings. The Bertz CT molecular complexity index is 3730. The highest BCUT2D eigenvalue weighted by Gasteiger charge is 2.46. The normalized spacial score (nSPS) is 14.8. The third-order valence-electron chi connectivity index (χ3n) is 13.3. The van der Waals surface area contributed by atoms with Gasteiger partial charge in [-0.05, 0) is 111 Å². The summed E-state index contributed by atoms with van der Waals surface area (Å²) < 4.78 is 8.98. The summed E-state index contributed by atoms with van der Waals surface area (Å²) in [6, 6.07) is 77.7. The minimum atomic E-state index is -0.602. The van der Waals surface area contributed by atoms with Gasteiger partial charge in [-0.1, -0.05) is 189 Å². The van der Waals surface area contributed by atoms with Crippen molar-refractivity contribution in [3.63, 3.8) is 0 Å². The van der Waals surface area contributed by atoms with Crippen molar-refractivity contribution in [2.45, 2.75) is 12.3 Å². The van der Waals surface area contributed by atoms with E-state index in [2.05, 4.69) is 237 Å². The fraction of sp³-hybridized carbons (Fsp3) is 0.0323. The number of rotatable bonds is 8. The molecular weight excluding hydrogens is 807 g/mol. The SMILES string of the molecule is C=C/C=c1/sc2cc(N(c3ccc(-c4ccccc4)cc3)c3ccc4c(c3)C(c3ccccc3)(c3ccc(-c5cccc6c5oc5ccccc56)cc3)c3ccccc3-4)ccc2/c1=C/C. The smallest absolute Gasteiger partial charge is 0.143 e. The molecule has 1 unspecified atom stereocenters. The Kier molecular flexibility index (Phi) is 9.33. The highest BCUT2D eigenvalue weighted by Crippen LogP contribution is 2.57. The van der Waals surface area contributed by atoms with Gasteiger partial charge in [-0.2, -0.15) is 0 Å². The summed E-state index contributed by atoms with van der Waals surface area (Å²) in [5.41, 5.74) is 16.5. The maximum Gasteiger partial charge on any atom is 0.143 e. The van der Waals surface area contributed by atoms with E-state index < -0.39 is 5.41 Å². The van der Waals surface area contributed by atoms with Gasteiger partial charge in [0.25, 0.3) is 0 Å². The third-order valence-corrected chi connectivity index (χ3v) is 14.4. The molecule has 0 amide bonds. The number of furan rings is 1. The van der Waals surface area contributed by atoms with Crippen LogP contribution in [0.3, 0.4) is 0 Å². The molecule has 3 heteroatoms. The Morgan fingerprint density at radius 2 is 1.11 bits per heavy atom. The van der Waals surface area contributed by atoms with E-state index in [1.807, 2.05) is 23.5 Å². The quantitative estimate of drug-likeness (QED) is 0.151. The molecule has 11 aromatic rings. The first-order valence-corrected chi connectivity index (χ1v) is 23.0. The van der Waals surface area contributed by atoms with Gasteiger partial charge in [0.05, 0.1) is 5.41 Å². The van der Waals surface area contributed by atoms with Crippen molar-refractivity contribution in [1.29, 1.82) is 0 Å². The highest BCUT2D eigenvalue weighted by molar-refractivity contribution is 7.17. The lowest BCUT2D eigenvalue weighted by atomic mass is 9.67. The van der Waals surface area contributed by atoms with Crippen LogP contribution < -0.4 is 14.7 Å². The molecular formula is C62H43NOS. The first kappa shape index (κ1) is 38.7. The van der Waals surface area contributed by atoms with Crippen LogP contribution in [0.25, 0.3) is 77.6 Å². The monoisotopic (exact) mass is 849 g/mol. The second-order valence-electron chi connectivity index (χ2n) is 16.7. The third kappa shape index (κ3) is 6.15. The van der Waals surface area contributed by atoms with Crippen molar-refractivity contribution >= 4 is 72.6 Å². The molecule has 0 saturated carbocycles. The summed E-state index contributed by atoms with van der Waals surface area (Å²) in [5, 5.41) is 4.77. The fourth-order valence-corrected chi connectivity index (χ4v) is 11.6. The zero-order valence-corrected chi connectivity index (χ0v) is 36.7. The van der Waals surface area contributed by atoms with Crippen molar-refractivity contribution in [2.75, 3.05) is 4.90 Å². The molecule has 0 N–H and O–H groups in total. The average molecular weight is 850 g/mol. The molecule has 2 nitrogen and oxygen atoms in total. The van der Waals surface area contributed by atoms with E-state index >= 15 is 0 Å². The Morgan fingerprint density at radius 3 is 1.91 bits per heavy atom. The van der Waals surface area contributed by atoms with Crippen LogP contribution in [0.4, 0.5) is 17.1 Å². The molecule has 2 aromatic heterocycles. The second-order valence-corrected chi connectivity index (χ2v) is 17.8. The van der Waals surface area contributed by atoms with Gasteiger partial charge in [-0.25, -0.2) is 0 Å². The summed E-state index contributed by atoms with van der Waals surface area (Å²) in [6.07, 6.45) is 6.21. The zero-order chi connectivity index (χ0) is 43.5. The summed E-state index contributed by atoms with van der Waals surface area (Å²) >= 11 is 1.81. The largest absolute Gasteiger partial charge is 0.455 e. The number of hydrogen-bond acceptors (Lipinski definition) is 3. The number of benzene rings is 9. The van der Waals surface area contributed by atoms with Crippen molar-refractivity contribution < 1.29 is 4.42 Å². The molecule has 1 aliphatic carbocycles. The molecule has 65 heavy (non-hydrogen) atoms. The summed E-state index contributed by atoms with van der Waals surface area (Å²) in [7, 11) is 0. The molecule has 0 bridgehead atoms.